The maximum absolute atomic E-state index is 11.8. The summed E-state index contributed by atoms with van der Waals surface area (Å²) < 4.78 is 5.25. The summed E-state index contributed by atoms with van der Waals surface area (Å²) in [5.74, 6) is -0.437. The summed E-state index contributed by atoms with van der Waals surface area (Å²) in [5.41, 5.74) is 0.898. The normalized spacial score (nSPS) is 10.6. The number of benzene rings is 1. The first-order valence-electron chi connectivity index (χ1n) is 6.65. The van der Waals surface area contributed by atoms with Crippen molar-refractivity contribution < 1.29 is 9.21 Å². The number of nitrogens with zero attached hydrogens (tertiary/aromatic N) is 1. The van der Waals surface area contributed by atoms with Crippen molar-refractivity contribution in [3.63, 3.8) is 0 Å². The van der Waals surface area contributed by atoms with Gasteiger partial charge in [0, 0.05) is 37.3 Å². The van der Waals surface area contributed by atoms with E-state index < -0.39 is 11.5 Å². The Morgan fingerprint density at radius 3 is 2.55 bits per heavy atom. The molecule has 0 spiro atoms. The first kappa shape index (κ1) is 14.1. The van der Waals surface area contributed by atoms with Gasteiger partial charge in [-0.15, -0.1) is 0 Å². The molecule has 0 saturated heterocycles. The fourth-order valence-electron chi connectivity index (χ4n) is 2.18. The summed E-state index contributed by atoms with van der Waals surface area (Å²) in [7, 11) is 1.48. The van der Waals surface area contributed by atoms with Gasteiger partial charge in [0.25, 0.3) is 5.91 Å². The summed E-state index contributed by atoms with van der Waals surface area (Å²) in [6.45, 7) is 5.89. The lowest BCUT2D eigenvalue weighted by molar-refractivity contribution is 0.0959. The van der Waals surface area contributed by atoms with Gasteiger partial charge in [-0.3, -0.25) is 4.79 Å². The average Bonchev–Trinajstić information content (AvgIpc) is 2.47. The lowest BCUT2D eigenvalue weighted by atomic mass is 10.1. The average molecular weight is 274 g/mol. The molecule has 1 N–H and O–H groups in total. The Morgan fingerprint density at radius 1 is 1.25 bits per heavy atom. The highest BCUT2D eigenvalue weighted by Crippen LogP contribution is 2.21. The Balaban J connectivity index is 2.55. The van der Waals surface area contributed by atoms with Crippen molar-refractivity contribution in [3.8, 4) is 0 Å². The Morgan fingerprint density at radius 2 is 1.95 bits per heavy atom. The number of carbonyl (C=O) groups excluding carboxylic acids is 1. The van der Waals surface area contributed by atoms with Crippen LogP contribution in [-0.4, -0.2) is 26.0 Å². The maximum atomic E-state index is 11.8. The number of hydrogen-bond donors (Lipinski definition) is 1. The number of fused-ring (bicyclic) bond motifs is 1. The largest absolute Gasteiger partial charge is 0.422 e. The van der Waals surface area contributed by atoms with Crippen LogP contribution < -0.4 is 15.8 Å². The quantitative estimate of drug-likeness (QED) is 0.866. The van der Waals surface area contributed by atoms with Gasteiger partial charge in [-0.05, 0) is 32.0 Å². The first-order valence-corrected chi connectivity index (χ1v) is 6.65. The van der Waals surface area contributed by atoms with Crippen molar-refractivity contribution >= 4 is 22.6 Å². The number of amides is 1. The van der Waals surface area contributed by atoms with Crippen molar-refractivity contribution in [2.45, 2.75) is 13.8 Å². The van der Waals surface area contributed by atoms with Crippen LogP contribution in [0.25, 0.3) is 11.0 Å². The van der Waals surface area contributed by atoms with E-state index in [0.717, 1.165) is 24.2 Å². The lowest BCUT2D eigenvalue weighted by Gasteiger charge is -2.20. The van der Waals surface area contributed by atoms with Crippen molar-refractivity contribution in [2.24, 2.45) is 0 Å². The lowest BCUT2D eigenvalue weighted by Crippen LogP contribution is -2.24. The van der Waals surface area contributed by atoms with E-state index >= 15 is 0 Å². The molecule has 0 saturated carbocycles. The molecule has 0 unspecified atom stereocenters. The minimum Gasteiger partial charge on any atom is -0.422 e. The molecule has 106 valence electrons. The smallest absolute Gasteiger partial charge is 0.349 e. The number of nitrogens with one attached hydrogen (secondary N) is 1. The molecule has 1 aromatic heterocycles. The Kier molecular flexibility index (Phi) is 4.08. The molecular weight excluding hydrogens is 256 g/mol. The molecule has 0 aliphatic carbocycles. The van der Waals surface area contributed by atoms with E-state index in [1.807, 2.05) is 18.2 Å². The van der Waals surface area contributed by atoms with Crippen LogP contribution in [-0.2, 0) is 0 Å². The zero-order chi connectivity index (χ0) is 14.7. The first-order chi connectivity index (χ1) is 9.60. The van der Waals surface area contributed by atoms with E-state index in [1.165, 1.54) is 7.05 Å². The monoisotopic (exact) mass is 274 g/mol. The topological polar surface area (TPSA) is 62.6 Å². The molecule has 0 bridgehead atoms. The van der Waals surface area contributed by atoms with E-state index in [1.54, 1.807) is 6.07 Å². The molecule has 5 nitrogen and oxygen atoms in total. The zero-order valence-corrected chi connectivity index (χ0v) is 11.9. The minimum atomic E-state index is -0.617. The summed E-state index contributed by atoms with van der Waals surface area (Å²) in [5, 5.41) is 3.16. The van der Waals surface area contributed by atoms with Crippen LogP contribution in [0.3, 0.4) is 0 Å². The van der Waals surface area contributed by atoms with Crippen molar-refractivity contribution in [1.29, 1.82) is 0 Å². The Bertz CT molecular complexity index is 687. The van der Waals surface area contributed by atoms with Crippen molar-refractivity contribution in [3.05, 3.63) is 40.2 Å². The van der Waals surface area contributed by atoms with Crippen LogP contribution in [0.15, 0.2) is 33.5 Å². The number of carbonyl (C=O) groups is 1. The van der Waals surface area contributed by atoms with E-state index in [9.17, 15) is 9.59 Å². The van der Waals surface area contributed by atoms with Gasteiger partial charge < -0.3 is 14.6 Å². The zero-order valence-electron chi connectivity index (χ0n) is 11.9. The standard InChI is InChI=1S/C15H18N2O3/c1-4-17(5-2)11-7-6-10-8-12(14(18)16-3)15(19)20-13(10)9-11/h6-9H,4-5H2,1-3H3,(H,16,18). The summed E-state index contributed by atoms with van der Waals surface area (Å²) >= 11 is 0. The number of rotatable bonds is 4. The molecule has 0 atom stereocenters. The van der Waals surface area contributed by atoms with Gasteiger partial charge in [0.1, 0.15) is 11.1 Å². The fraction of sp³-hybridized carbons (Fsp3) is 0.333. The molecule has 0 radical (unpaired) electrons. The molecule has 2 rings (SSSR count). The second-order valence-corrected chi connectivity index (χ2v) is 4.42. The summed E-state index contributed by atoms with van der Waals surface area (Å²) in [6.07, 6.45) is 0. The molecule has 20 heavy (non-hydrogen) atoms. The molecular formula is C15H18N2O3. The van der Waals surface area contributed by atoms with Crippen molar-refractivity contribution in [1.82, 2.24) is 5.32 Å². The van der Waals surface area contributed by atoms with Gasteiger partial charge >= 0.3 is 5.63 Å². The molecule has 1 amide bonds. The van der Waals surface area contributed by atoms with Crippen LogP contribution in [0.2, 0.25) is 0 Å². The maximum Gasteiger partial charge on any atom is 0.349 e. The predicted molar refractivity (Wildman–Crippen MR) is 79.4 cm³/mol. The SMILES string of the molecule is CCN(CC)c1ccc2cc(C(=O)NC)c(=O)oc2c1. The highest BCUT2D eigenvalue weighted by Gasteiger charge is 2.13. The van der Waals surface area contributed by atoms with Crippen LogP contribution in [0, 0.1) is 0 Å². The van der Waals surface area contributed by atoms with E-state index in [4.69, 9.17) is 4.42 Å². The van der Waals surface area contributed by atoms with Crippen molar-refractivity contribution in [2.75, 3.05) is 25.0 Å². The summed E-state index contributed by atoms with van der Waals surface area (Å²) in [6, 6.07) is 7.21. The van der Waals surface area contributed by atoms with Gasteiger partial charge in [0.05, 0.1) is 0 Å². The fourth-order valence-corrected chi connectivity index (χ4v) is 2.18. The third-order valence-electron chi connectivity index (χ3n) is 3.32. The molecule has 5 heteroatoms. The predicted octanol–water partition coefficient (Wildman–Crippen LogP) is 2.00. The molecule has 1 aromatic carbocycles. The number of hydrogen-bond acceptors (Lipinski definition) is 4. The number of anilines is 1. The van der Waals surface area contributed by atoms with Gasteiger partial charge in [0.15, 0.2) is 0 Å². The third-order valence-corrected chi connectivity index (χ3v) is 3.32. The highest BCUT2D eigenvalue weighted by atomic mass is 16.4. The van der Waals surface area contributed by atoms with Gasteiger partial charge in [-0.25, -0.2) is 4.79 Å². The molecule has 1 heterocycles. The highest BCUT2D eigenvalue weighted by molar-refractivity contribution is 5.96. The van der Waals surface area contributed by atoms with Crippen LogP contribution in [0.1, 0.15) is 24.2 Å². The van der Waals surface area contributed by atoms with Gasteiger partial charge in [-0.2, -0.15) is 0 Å². The third kappa shape index (κ3) is 2.52. The van der Waals surface area contributed by atoms with E-state index in [0.29, 0.717) is 5.58 Å². The molecule has 0 aliphatic heterocycles. The van der Waals surface area contributed by atoms with Crippen LogP contribution in [0.5, 0.6) is 0 Å². The van der Waals surface area contributed by atoms with Gasteiger partial charge in [-0.1, -0.05) is 0 Å². The molecule has 0 fully saturated rings. The Hall–Kier alpha value is -2.30. The Labute approximate surface area is 117 Å². The minimum absolute atomic E-state index is 0.0237. The molecule has 0 aliphatic rings. The second-order valence-electron chi connectivity index (χ2n) is 4.42. The van der Waals surface area contributed by atoms with Gasteiger partial charge in [0.2, 0.25) is 0 Å². The second kappa shape index (κ2) is 5.77. The molecule has 2 aromatic rings. The van der Waals surface area contributed by atoms with E-state index in [-0.39, 0.29) is 5.56 Å². The van der Waals surface area contributed by atoms with E-state index in [2.05, 4.69) is 24.1 Å². The van der Waals surface area contributed by atoms with Crippen LogP contribution in [0.4, 0.5) is 5.69 Å². The van der Waals surface area contributed by atoms with Crippen LogP contribution >= 0.6 is 0 Å². The summed E-state index contributed by atoms with van der Waals surface area (Å²) in [4.78, 5) is 25.5.